The van der Waals surface area contributed by atoms with E-state index in [1.165, 1.54) is 11.1 Å². The molecule has 0 fully saturated rings. The molecule has 0 aliphatic heterocycles. The third-order valence-electron chi connectivity index (χ3n) is 3.84. The van der Waals surface area contributed by atoms with Gasteiger partial charge in [-0.05, 0) is 33.9 Å². The van der Waals surface area contributed by atoms with Crippen LogP contribution in [0.25, 0.3) is 17.2 Å². The number of benzene rings is 3. The van der Waals surface area contributed by atoms with Crippen molar-refractivity contribution in [2.24, 2.45) is 0 Å². The maximum absolute atomic E-state index is 4.23. The van der Waals surface area contributed by atoms with Gasteiger partial charge in [0, 0.05) is 0 Å². The Kier molecular flexibility index (Phi) is 5.21. The molecule has 0 saturated carbocycles. The van der Waals surface area contributed by atoms with Crippen molar-refractivity contribution in [1.29, 1.82) is 0 Å². The Bertz CT molecular complexity index is 838. The SMILES string of the molecule is C=C(/C=C(\C=C\c1ccccc1)c1ccccc1)c1ccccc1. The zero-order valence-corrected chi connectivity index (χ0v) is 13.6. The van der Waals surface area contributed by atoms with Crippen LogP contribution >= 0.6 is 0 Å². The zero-order valence-electron chi connectivity index (χ0n) is 13.6. The van der Waals surface area contributed by atoms with Crippen LogP contribution in [0.4, 0.5) is 0 Å². The Morgan fingerprint density at radius 1 is 0.625 bits per heavy atom. The van der Waals surface area contributed by atoms with Crippen LogP contribution in [0.5, 0.6) is 0 Å². The minimum absolute atomic E-state index is 1.01. The van der Waals surface area contributed by atoms with Gasteiger partial charge in [0.25, 0.3) is 0 Å². The molecule has 0 aliphatic carbocycles. The van der Waals surface area contributed by atoms with Gasteiger partial charge in [0.05, 0.1) is 0 Å². The minimum Gasteiger partial charge on any atom is -0.0911 e. The maximum Gasteiger partial charge on any atom is -0.0178 e. The predicted octanol–water partition coefficient (Wildman–Crippen LogP) is 6.50. The molecule has 0 bridgehead atoms. The molecule has 0 N–H and O–H groups in total. The second kappa shape index (κ2) is 7.94. The normalized spacial score (nSPS) is 11.6. The average molecular weight is 308 g/mol. The average Bonchev–Trinajstić information content (AvgIpc) is 2.67. The van der Waals surface area contributed by atoms with Gasteiger partial charge >= 0.3 is 0 Å². The lowest BCUT2D eigenvalue weighted by Crippen LogP contribution is -1.84. The molecule has 3 aromatic carbocycles. The Morgan fingerprint density at radius 3 is 1.71 bits per heavy atom. The van der Waals surface area contributed by atoms with E-state index in [0.29, 0.717) is 0 Å². The zero-order chi connectivity index (χ0) is 16.6. The lowest BCUT2D eigenvalue weighted by Gasteiger charge is -2.06. The van der Waals surface area contributed by atoms with Gasteiger partial charge in [-0.15, -0.1) is 0 Å². The van der Waals surface area contributed by atoms with Crippen LogP contribution in [0.2, 0.25) is 0 Å². The van der Waals surface area contributed by atoms with Crippen LogP contribution in [0.1, 0.15) is 16.7 Å². The number of hydrogen-bond donors (Lipinski definition) is 0. The molecule has 0 spiro atoms. The summed E-state index contributed by atoms with van der Waals surface area (Å²) in [5.41, 5.74) is 5.66. The van der Waals surface area contributed by atoms with Gasteiger partial charge < -0.3 is 0 Å². The van der Waals surface area contributed by atoms with E-state index in [1.54, 1.807) is 0 Å². The van der Waals surface area contributed by atoms with Gasteiger partial charge in [-0.3, -0.25) is 0 Å². The summed E-state index contributed by atoms with van der Waals surface area (Å²) in [6.45, 7) is 4.23. The minimum atomic E-state index is 1.01. The van der Waals surface area contributed by atoms with Crippen molar-refractivity contribution in [3.05, 3.63) is 126 Å². The highest BCUT2D eigenvalue weighted by molar-refractivity contribution is 5.88. The van der Waals surface area contributed by atoms with Gasteiger partial charge in [0.15, 0.2) is 0 Å². The van der Waals surface area contributed by atoms with Crippen LogP contribution in [0.3, 0.4) is 0 Å². The van der Waals surface area contributed by atoms with Crippen molar-refractivity contribution in [2.45, 2.75) is 0 Å². The van der Waals surface area contributed by atoms with Gasteiger partial charge in [0.2, 0.25) is 0 Å². The fraction of sp³-hybridized carbons (Fsp3) is 0. The third kappa shape index (κ3) is 4.21. The first-order valence-electron chi connectivity index (χ1n) is 8.07. The van der Waals surface area contributed by atoms with Crippen molar-refractivity contribution in [3.63, 3.8) is 0 Å². The van der Waals surface area contributed by atoms with Crippen molar-refractivity contribution >= 4 is 17.2 Å². The second-order valence-electron chi connectivity index (χ2n) is 5.60. The lowest BCUT2D eigenvalue weighted by molar-refractivity contribution is 1.60. The molecule has 0 nitrogen and oxygen atoms in total. The number of hydrogen-bond acceptors (Lipinski definition) is 0. The first-order valence-corrected chi connectivity index (χ1v) is 8.07. The Morgan fingerprint density at radius 2 is 1.12 bits per heavy atom. The molecular formula is C24H20. The van der Waals surface area contributed by atoms with Gasteiger partial charge in [-0.1, -0.05) is 110 Å². The monoisotopic (exact) mass is 308 g/mol. The molecule has 0 aliphatic rings. The molecule has 0 aromatic heterocycles. The third-order valence-corrected chi connectivity index (χ3v) is 3.84. The standard InChI is InChI=1S/C24H20/c1-20(22-13-7-3-8-14-22)19-24(23-15-9-4-10-16-23)18-17-21-11-5-2-6-12-21/h2-19H,1H2/b18-17+,24-19+. The van der Waals surface area contributed by atoms with Gasteiger partial charge in [0.1, 0.15) is 0 Å². The van der Waals surface area contributed by atoms with Crippen molar-refractivity contribution in [1.82, 2.24) is 0 Å². The molecule has 3 aromatic rings. The molecular weight excluding hydrogens is 288 g/mol. The van der Waals surface area contributed by atoms with E-state index in [9.17, 15) is 0 Å². The van der Waals surface area contributed by atoms with E-state index in [4.69, 9.17) is 0 Å². The molecule has 0 radical (unpaired) electrons. The van der Waals surface area contributed by atoms with Crippen molar-refractivity contribution < 1.29 is 0 Å². The van der Waals surface area contributed by atoms with Crippen LogP contribution < -0.4 is 0 Å². The maximum atomic E-state index is 4.23. The summed E-state index contributed by atoms with van der Waals surface area (Å²) >= 11 is 0. The van der Waals surface area contributed by atoms with Crippen molar-refractivity contribution in [2.75, 3.05) is 0 Å². The Balaban J connectivity index is 1.95. The Labute approximate surface area is 144 Å². The molecule has 0 heterocycles. The summed E-state index contributed by atoms with van der Waals surface area (Å²) < 4.78 is 0. The van der Waals surface area contributed by atoms with E-state index in [2.05, 4.69) is 85.5 Å². The van der Waals surface area contributed by atoms with Crippen LogP contribution in [-0.4, -0.2) is 0 Å². The molecule has 0 saturated heterocycles. The highest BCUT2D eigenvalue weighted by atomic mass is 14.1. The van der Waals surface area contributed by atoms with Crippen LogP contribution in [0, 0.1) is 0 Å². The van der Waals surface area contributed by atoms with E-state index < -0.39 is 0 Å². The second-order valence-corrected chi connectivity index (χ2v) is 5.60. The number of rotatable bonds is 5. The highest BCUT2D eigenvalue weighted by Crippen LogP contribution is 2.23. The molecule has 3 rings (SSSR count). The first kappa shape index (κ1) is 15.8. The van der Waals surface area contributed by atoms with E-state index in [-0.39, 0.29) is 0 Å². The van der Waals surface area contributed by atoms with Crippen molar-refractivity contribution in [3.8, 4) is 0 Å². The fourth-order valence-electron chi connectivity index (χ4n) is 2.53. The summed E-state index contributed by atoms with van der Waals surface area (Å²) in [5, 5.41) is 0. The smallest absolute Gasteiger partial charge is 0.0178 e. The first-order chi connectivity index (χ1) is 11.8. The summed E-state index contributed by atoms with van der Waals surface area (Å²) in [7, 11) is 0. The molecule has 0 atom stereocenters. The molecule has 116 valence electrons. The summed E-state index contributed by atoms with van der Waals surface area (Å²) in [6.07, 6.45) is 6.43. The van der Waals surface area contributed by atoms with E-state index in [1.807, 2.05) is 30.3 Å². The number of allylic oxidation sites excluding steroid dienone is 4. The van der Waals surface area contributed by atoms with Crippen LogP contribution in [-0.2, 0) is 0 Å². The largest absolute Gasteiger partial charge is 0.0911 e. The quantitative estimate of drug-likeness (QED) is 0.472. The molecule has 0 amide bonds. The summed E-state index contributed by atoms with van der Waals surface area (Å²) in [6, 6.07) is 31.0. The van der Waals surface area contributed by atoms with Gasteiger partial charge in [-0.2, -0.15) is 0 Å². The van der Waals surface area contributed by atoms with E-state index >= 15 is 0 Å². The van der Waals surface area contributed by atoms with Gasteiger partial charge in [-0.25, -0.2) is 0 Å². The summed E-state index contributed by atoms with van der Waals surface area (Å²) in [5.74, 6) is 0. The topological polar surface area (TPSA) is 0 Å². The molecule has 0 unspecified atom stereocenters. The molecule has 0 heteroatoms. The summed E-state index contributed by atoms with van der Waals surface area (Å²) in [4.78, 5) is 0. The Hall–Kier alpha value is -3.12. The van der Waals surface area contributed by atoms with Crippen LogP contribution in [0.15, 0.2) is 110 Å². The lowest BCUT2D eigenvalue weighted by atomic mass is 9.99. The van der Waals surface area contributed by atoms with E-state index in [0.717, 1.165) is 16.7 Å². The fourth-order valence-corrected chi connectivity index (χ4v) is 2.53. The molecule has 24 heavy (non-hydrogen) atoms. The predicted molar refractivity (Wildman–Crippen MR) is 105 cm³/mol. The highest BCUT2D eigenvalue weighted by Gasteiger charge is 2.00.